The van der Waals surface area contributed by atoms with Crippen molar-refractivity contribution in [2.75, 3.05) is 4.90 Å². The zero-order chi connectivity index (χ0) is 29.3. The van der Waals surface area contributed by atoms with E-state index in [9.17, 15) is 0 Å². The van der Waals surface area contributed by atoms with Gasteiger partial charge in [0.25, 0.3) is 0 Å². The Hall–Kier alpha value is -6.14. The third-order valence-corrected chi connectivity index (χ3v) is 7.56. The summed E-state index contributed by atoms with van der Waals surface area (Å²) < 4.78 is 6.31. The zero-order valence-corrected chi connectivity index (χ0v) is 23.6. The van der Waals surface area contributed by atoms with Gasteiger partial charge in [-0.25, -0.2) is 19.9 Å². The maximum Gasteiger partial charge on any atom is 0.167 e. The highest BCUT2D eigenvalue weighted by Gasteiger charge is 2.29. The Bertz CT molecular complexity index is 2000. The van der Waals surface area contributed by atoms with E-state index in [2.05, 4.69) is 23.1 Å². The SMILES string of the molecule is c1ccc(-c2cnc(N3c4ccccc4Oc4ccccc43)c(-c3nc(-c4ccccc4)nc(-c4ccccc4)n3)c2)cc1. The maximum absolute atomic E-state index is 6.31. The van der Waals surface area contributed by atoms with Crippen LogP contribution in [0.25, 0.3) is 45.3 Å². The van der Waals surface area contributed by atoms with E-state index in [1.807, 2.05) is 134 Å². The maximum atomic E-state index is 6.31. The van der Waals surface area contributed by atoms with Crippen molar-refractivity contribution >= 4 is 17.2 Å². The molecule has 0 unspecified atom stereocenters. The van der Waals surface area contributed by atoms with Crippen molar-refractivity contribution in [3.8, 4) is 56.8 Å². The Labute approximate surface area is 255 Å². The van der Waals surface area contributed by atoms with Crippen LogP contribution in [0.15, 0.2) is 152 Å². The van der Waals surface area contributed by atoms with Crippen LogP contribution in [-0.4, -0.2) is 19.9 Å². The summed E-state index contributed by atoms with van der Waals surface area (Å²) in [6.45, 7) is 0. The number of hydrogen-bond donors (Lipinski definition) is 0. The van der Waals surface area contributed by atoms with Crippen LogP contribution in [0, 0.1) is 0 Å². The first-order valence-electron chi connectivity index (χ1n) is 14.4. The van der Waals surface area contributed by atoms with Crippen LogP contribution in [0.5, 0.6) is 11.5 Å². The molecule has 6 heteroatoms. The number of benzene rings is 5. The molecular weight excluding hydrogens is 542 g/mol. The normalized spacial score (nSPS) is 11.8. The Morgan fingerprint density at radius 2 is 0.886 bits per heavy atom. The van der Waals surface area contributed by atoms with E-state index < -0.39 is 0 Å². The molecule has 44 heavy (non-hydrogen) atoms. The molecule has 0 fully saturated rings. The molecule has 0 saturated carbocycles. The van der Waals surface area contributed by atoms with Crippen LogP contribution in [0.2, 0.25) is 0 Å². The molecule has 0 spiro atoms. The molecule has 1 aliphatic heterocycles. The van der Waals surface area contributed by atoms with Crippen LogP contribution in [0.4, 0.5) is 17.2 Å². The lowest BCUT2D eigenvalue weighted by Gasteiger charge is -2.33. The van der Waals surface area contributed by atoms with E-state index in [-0.39, 0.29) is 0 Å². The van der Waals surface area contributed by atoms with E-state index >= 15 is 0 Å². The average molecular weight is 568 g/mol. The molecule has 0 radical (unpaired) electrons. The molecule has 1 aliphatic rings. The topological polar surface area (TPSA) is 64.0 Å². The Morgan fingerprint density at radius 3 is 1.43 bits per heavy atom. The van der Waals surface area contributed by atoms with Gasteiger partial charge in [0.2, 0.25) is 0 Å². The highest BCUT2D eigenvalue weighted by molar-refractivity contribution is 5.91. The minimum Gasteiger partial charge on any atom is -0.453 e. The van der Waals surface area contributed by atoms with Gasteiger partial charge in [0.05, 0.1) is 16.9 Å². The second kappa shape index (κ2) is 10.9. The summed E-state index contributed by atoms with van der Waals surface area (Å²) in [7, 11) is 0. The predicted octanol–water partition coefficient (Wildman–Crippen LogP) is 9.51. The quantitative estimate of drug-likeness (QED) is 0.206. The lowest BCUT2D eigenvalue weighted by molar-refractivity contribution is 0.476. The summed E-state index contributed by atoms with van der Waals surface area (Å²) in [5.41, 5.74) is 6.36. The molecule has 8 rings (SSSR count). The van der Waals surface area contributed by atoms with Gasteiger partial charge in [-0.05, 0) is 35.9 Å². The fourth-order valence-electron chi connectivity index (χ4n) is 5.45. The summed E-state index contributed by atoms with van der Waals surface area (Å²) in [5, 5.41) is 0. The molecule has 0 N–H and O–H groups in total. The molecule has 3 heterocycles. The molecule has 0 saturated heterocycles. The molecule has 0 atom stereocenters. The van der Waals surface area contributed by atoms with E-state index in [4.69, 9.17) is 24.7 Å². The van der Waals surface area contributed by atoms with Gasteiger partial charge in [-0.15, -0.1) is 0 Å². The number of pyridine rings is 1. The van der Waals surface area contributed by atoms with Crippen LogP contribution < -0.4 is 9.64 Å². The number of rotatable bonds is 5. The molecule has 208 valence electrons. The fourth-order valence-corrected chi connectivity index (χ4v) is 5.45. The molecule has 2 aromatic heterocycles. The largest absolute Gasteiger partial charge is 0.453 e. The highest BCUT2D eigenvalue weighted by atomic mass is 16.5. The smallest absolute Gasteiger partial charge is 0.167 e. The number of aromatic nitrogens is 4. The number of fused-ring (bicyclic) bond motifs is 2. The molecule has 0 amide bonds. The second-order valence-corrected chi connectivity index (χ2v) is 10.4. The first-order valence-corrected chi connectivity index (χ1v) is 14.4. The summed E-state index contributed by atoms with van der Waals surface area (Å²) in [5.74, 6) is 3.89. The monoisotopic (exact) mass is 567 g/mol. The highest BCUT2D eigenvalue weighted by Crippen LogP contribution is 2.51. The van der Waals surface area contributed by atoms with Gasteiger partial charge in [0, 0.05) is 22.9 Å². The first-order chi connectivity index (χ1) is 21.8. The van der Waals surface area contributed by atoms with E-state index in [0.29, 0.717) is 23.3 Å². The molecule has 7 aromatic rings. The molecule has 5 aromatic carbocycles. The third kappa shape index (κ3) is 4.64. The van der Waals surface area contributed by atoms with Crippen molar-refractivity contribution in [1.29, 1.82) is 0 Å². The van der Waals surface area contributed by atoms with Crippen molar-refractivity contribution in [2.24, 2.45) is 0 Å². The van der Waals surface area contributed by atoms with E-state index in [0.717, 1.165) is 50.7 Å². The van der Waals surface area contributed by atoms with Gasteiger partial charge in [-0.2, -0.15) is 0 Å². The van der Waals surface area contributed by atoms with Crippen molar-refractivity contribution < 1.29 is 4.74 Å². The van der Waals surface area contributed by atoms with Gasteiger partial charge in [0.1, 0.15) is 5.82 Å². The molecule has 0 aliphatic carbocycles. The van der Waals surface area contributed by atoms with Crippen molar-refractivity contribution in [1.82, 2.24) is 19.9 Å². The van der Waals surface area contributed by atoms with Gasteiger partial charge in [-0.3, -0.25) is 4.90 Å². The molecule has 0 bridgehead atoms. The van der Waals surface area contributed by atoms with Gasteiger partial charge >= 0.3 is 0 Å². The van der Waals surface area contributed by atoms with Crippen molar-refractivity contribution in [3.05, 3.63) is 152 Å². The summed E-state index contributed by atoms with van der Waals surface area (Å²) >= 11 is 0. The fraction of sp³-hybridized carbons (Fsp3) is 0. The van der Waals surface area contributed by atoms with Crippen LogP contribution in [0.3, 0.4) is 0 Å². The molecule has 6 nitrogen and oxygen atoms in total. The Morgan fingerprint density at radius 1 is 0.432 bits per heavy atom. The van der Waals surface area contributed by atoms with Gasteiger partial charge < -0.3 is 4.74 Å². The predicted molar refractivity (Wildman–Crippen MR) is 174 cm³/mol. The van der Waals surface area contributed by atoms with Gasteiger partial charge in [-0.1, -0.05) is 115 Å². The number of nitrogens with zero attached hydrogens (tertiary/aromatic N) is 5. The van der Waals surface area contributed by atoms with Crippen LogP contribution in [0.1, 0.15) is 0 Å². The first kappa shape index (κ1) is 25.6. The van der Waals surface area contributed by atoms with Gasteiger partial charge in [0.15, 0.2) is 29.0 Å². The lowest BCUT2D eigenvalue weighted by atomic mass is 10.0. The van der Waals surface area contributed by atoms with E-state index in [1.54, 1.807) is 0 Å². The minimum atomic E-state index is 0.527. The minimum absolute atomic E-state index is 0.527. The summed E-state index contributed by atoms with van der Waals surface area (Å²) in [6, 6.07) is 48.3. The second-order valence-electron chi connectivity index (χ2n) is 10.4. The number of hydrogen-bond acceptors (Lipinski definition) is 6. The van der Waals surface area contributed by atoms with Crippen LogP contribution in [-0.2, 0) is 0 Å². The Kier molecular flexibility index (Phi) is 6.35. The standard InChI is InChI=1S/C38H25N5O/c1-4-14-26(15-5-1)29-24-30(37-41-35(27-16-6-2-7-17-27)40-36(42-37)28-18-8-3-9-19-28)38(39-25-29)43-31-20-10-12-22-33(31)44-34-23-13-11-21-32(34)43/h1-25H. The summed E-state index contributed by atoms with van der Waals surface area (Å²) in [4.78, 5) is 22.3. The summed E-state index contributed by atoms with van der Waals surface area (Å²) in [6.07, 6.45) is 1.91. The zero-order valence-electron chi connectivity index (χ0n) is 23.6. The van der Waals surface area contributed by atoms with Crippen molar-refractivity contribution in [3.63, 3.8) is 0 Å². The van der Waals surface area contributed by atoms with E-state index in [1.165, 1.54) is 0 Å². The number of ether oxygens (including phenoxy) is 1. The Balaban J connectivity index is 1.42. The van der Waals surface area contributed by atoms with Crippen molar-refractivity contribution in [2.45, 2.75) is 0 Å². The average Bonchev–Trinajstić information content (AvgIpc) is 3.11. The number of anilines is 3. The molecular formula is C38H25N5O. The van der Waals surface area contributed by atoms with Crippen LogP contribution >= 0.6 is 0 Å². The third-order valence-electron chi connectivity index (χ3n) is 7.56. The lowest BCUT2D eigenvalue weighted by Crippen LogP contribution is -2.18. The number of para-hydroxylation sites is 4.